The second kappa shape index (κ2) is 9.42. The first-order valence-electron chi connectivity index (χ1n) is 9.69. The molecule has 0 fully saturated rings. The van der Waals surface area contributed by atoms with Crippen molar-refractivity contribution in [1.82, 2.24) is 9.78 Å². The van der Waals surface area contributed by atoms with Crippen LogP contribution < -0.4 is 10.1 Å². The van der Waals surface area contributed by atoms with Crippen LogP contribution >= 0.6 is 0 Å². The summed E-state index contributed by atoms with van der Waals surface area (Å²) in [6, 6.07) is 11.2. The van der Waals surface area contributed by atoms with E-state index in [0.717, 1.165) is 28.2 Å². The van der Waals surface area contributed by atoms with Crippen molar-refractivity contribution in [2.24, 2.45) is 0 Å². The van der Waals surface area contributed by atoms with Crippen LogP contribution in [0.3, 0.4) is 0 Å². The fourth-order valence-electron chi connectivity index (χ4n) is 3.19. The zero-order valence-corrected chi connectivity index (χ0v) is 17.9. The molecule has 0 radical (unpaired) electrons. The number of methoxy groups -OCH3 is 1. The van der Waals surface area contributed by atoms with Crippen LogP contribution in [-0.4, -0.2) is 35.4 Å². The fraction of sp³-hybridized carbons (Fsp3) is 0.261. The maximum absolute atomic E-state index is 13.2. The van der Waals surface area contributed by atoms with Crippen LogP contribution in [-0.2, 0) is 20.7 Å². The summed E-state index contributed by atoms with van der Waals surface area (Å²) in [6.07, 6.45) is 0.152. The molecule has 3 aromatic rings. The molecule has 31 heavy (non-hydrogen) atoms. The number of esters is 1. The van der Waals surface area contributed by atoms with Crippen LogP contribution in [0.25, 0.3) is 5.69 Å². The Balaban J connectivity index is 1.70. The first kappa shape index (κ1) is 22.0. The van der Waals surface area contributed by atoms with Gasteiger partial charge in [-0.15, -0.1) is 0 Å². The third-order valence-electron chi connectivity index (χ3n) is 4.91. The first-order valence-corrected chi connectivity index (χ1v) is 9.69. The standard InChI is InChI=1S/C23H24FN3O4/c1-14-11-19(31-13-23(29)30-4)9-10-21(14)25-22(28)12-20-15(2)26-27(16(20)3)18-7-5-17(24)6-8-18/h5-11H,12-13H2,1-4H3,(H,25,28). The molecule has 1 aromatic heterocycles. The molecule has 0 atom stereocenters. The fourth-order valence-corrected chi connectivity index (χ4v) is 3.19. The number of hydrogen-bond donors (Lipinski definition) is 1. The van der Waals surface area contributed by atoms with Gasteiger partial charge < -0.3 is 14.8 Å². The Morgan fingerprint density at radius 2 is 1.81 bits per heavy atom. The van der Waals surface area contributed by atoms with Gasteiger partial charge in [0, 0.05) is 16.9 Å². The third kappa shape index (κ3) is 5.28. The van der Waals surface area contributed by atoms with Crippen molar-refractivity contribution in [2.75, 3.05) is 19.0 Å². The molecule has 0 spiro atoms. The predicted octanol–water partition coefficient (Wildman–Crippen LogP) is 3.67. The normalized spacial score (nSPS) is 10.6. The number of nitrogens with one attached hydrogen (secondary N) is 1. The van der Waals surface area contributed by atoms with Crippen LogP contribution in [0.1, 0.15) is 22.5 Å². The van der Waals surface area contributed by atoms with E-state index in [1.54, 1.807) is 35.0 Å². The summed E-state index contributed by atoms with van der Waals surface area (Å²) in [5.74, 6) is -0.465. The lowest BCUT2D eigenvalue weighted by molar-refractivity contribution is -0.142. The van der Waals surface area contributed by atoms with E-state index in [1.165, 1.54) is 19.2 Å². The number of aromatic nitrogens is 2. The minimum absolute atomic E-state index is 0.152. The van der Waals surface area contributed by atoms with Crippen molar-refractivity contribution in [2.45, 2.75) is 27.2 Å². The van der Waals surface area contributed by atoms with E-state index in [-0.39, 0.29) is 24.8 Å². The molecule has 8 heteroatoms. The van der Waals surface area contributed by atoms with E-state index in [0.29, 0.717) is 11.4 Å². The van der Waals surface area contributed by atoms with E-state index >= 15 is 0 Å². The van der Waals surface area contributed by atoms with Crippen LogP contribution in [0, 0.1) is 26.6 Å². The Labute approximate surface area is 179 Å². The zero-order valence-electron chi connectivity index (χ0n) is 17.9. The van der Waals surface area contributed by atoms with Crippen molar-refractivity contribution >= 4 is 17.6 Å². The Bertz CT molecular complexity index is 1110. The molecule has 0 aliphatic carbocycles. The number of aryl methyl sites for hydroxylation is 2. The Kier molecular flexibility index (Phi) is 6.69. The number of hydrogen-bond acceptors (Lipinski definition) is 5. The zero-order chi connectivity index (χ0) is 22.5. The maximum Gasteiger partial charge on any atom is 0.343 e. The summed E-state index contributed by atoms with van der Waals surface area (Å²) in [4.78, 5) is 23.9. The summed E-state index contributed by atoms with van der Waals surface area (Å²) >= 11 is 0. The number of halogens is 1. The molecular formula is C23H24FN3O4. The number of benzene rings is 2. The Morgan fingerprint density at radius 1 is 1.10 bits per heavy atom. The van der Waals surface area contributed by atoms with Gasteiger partial charge in [-0.3, -0.25) is 4.79 Å². The topological polar surface area (TPSA) is 82.4 Å². The molecule has 0 saturated carbocycles. The predicted molar refractivity (Wildman–Crippen MR) is 114 cm³/mol. The largest absolute Gasteiger partial charge is 0.482 e. The van der Waals surface area contributed by atoms with Gasteiger partial charge in [0.05, 0.1) is 24.9 Å². The second-order valence-electron chi connectivity index (χ2n) is 7.10. The Hall–Kier alpha value is -3.68. The lowest BCUT2D eigenvalue weighted by atomic mass is 10.1. The van der Waals surface area contributed by atoms with Gasteiger partial charge in [0.15, 0.2) is 6.61 Å². The molecule has 0 aliphatic rings. The molecule has 1 amide bonds. The van der Waals surface area contributed by atoms with Crippen molar-refractivity contribution in [3.8, 4) is 11.4 Å². The summed E-state index contributed by atoms with van der Waals surface area (Å²) in [5, 5.41) is 7.40. The van der Waals surface area contributed by atoms with Crippen molar-refractivity contribution in [3.63, 3.8) is 0 Å². The monoisotopic (exact) mass is 425 g/mol. The lowest BCUT2D eigenvalue weighted by Crippen LogP contribution is -2.16. The molecule has 0 saturated heterocycles. The molecule has 0 bridgehead atoms. The minimum Gasteiger partial charge on any atom is -0.482 e. The lowest BCUT2D eigenvalue weighted by Gasteiger charge is -2.11. The highest BCUT2D eigenvalue weighted by atomic mass is 19.1. The van der Waals surface area contributed by atoms with E-state index in [4.69, 9.17) is 4.74 Å². The minimum atomic E-state index is -0.470. The molecule has 1 heterocycles. The highest BCUT2D eigenvalue weighted by Crippen LogP contribution is 2.23. The number of ether oxygens (including phenoxy) is 2. The number of amides is 1. The quantitative estimate of drug-likeness (QED) is 0.584. The van der Waals surface area contributed by atoms with Gasteiger partial charge in [0.1, 0.15) is 11.6 Å². The van der Waals surface area contributed by atoms with Gasteiger partial charge in [0.2, 0.25) is 5.91 Å². The summed E-state index contributed by atoms with van der Waals surface area (Å²) in [6.45, 7) is 5.38. The molecule has 0 unspecified atom stereocenters. The highest BCUT2D eigenvalue weighted by Gasteiger charge is 2.17. The number of carbonyl (C=O) groups excluding carboxylic acids is 2. The molecule has 0 aliphatic heterocycles. The molecule has 3 rings (SSSR count). The van der Waals surface area contributed by atoms with Crippen LogP contribution in [0.2, 0.25) is 0 Å². The molecule has 162 valence electrons. The summed E-state index contributed by atoms with van der Waals surface area (Å²) in [7, 11) is 1.29. The van der Waals surface area contributed by atoms with E-state index in [9.17, 15) is 14.0 Å². The number of anilines is 1. The SMILES string of the molecule is COC(=O)COc1ccc(NC(=O)Cc2c(C)nn(-c3ccc(F)cc3)c2C)c(C)c1. The van der Waals surface area contributed by atoms with Gasteiger partial charge in [-0.05, 0) is 68.8 Å². The van der Waals surface area contributed by atoms with Gasteiger partial charge >= 0.3 is 5.97 Å². The first-order chi connectivity index (χ1) is 14.8. The van der Waals surface area contributed by atoms with Crippen LogP contribution in [0.5, 0.6) is 5.75 Å². The summed E-state index contributed by atoms with van der Waals surface area (Å²) in [5.41, 5.74) is 4.55. The third-order valence-corrected chi connectivity index (χ3v) is 4.91. The molecule has 2 aromatic carbocycles. The van der Waals surface area contributed by atoms with Crippen LogP contribution in [0.15, 0.2) is 42.5 Å². The number of carbonyl (C=O) groups is 2. The van der Waals surface area contributed by atoms with E-state index in [1.807, 2.05) is 20.8 Å². The van der Waals surface area contributed by atoms with E-state index in [2.05, 4.69) is 15.2 Å². The second-order valence-corrected chi connectivity index (χ2v) is 7.10. The maximum atomic E-state index is 13.2. The molecule has 7 nitrogen and oxygen atoms in total. The average Bonchev–Trinajstić information content (AvgIpc) is 3.02. The summed E-state index contributed by atoms with van der Waals surface area (Å²) < 4.78 is 24.8. The molecule has 1 N–H and O–H groups in total. The number of rotatable bonds is 7. The Morgan fingerprint density at radius 3 is 2.45 bits per heavy atom. The van der Waals surface area contributed by atoms with Crippen LogP contribution in [0.4, 0.5) is 10.1 Å². The van der Waals surface area contributed by atoms with Crippen molar-refractivity contribution < 1.29 is 23.5 Å². The number of nitrogens with zero attached hydrogens (tertiary/aromatic N) is 2. The van der Waals surface area contributed by atoms with Gasteiger partial charge in [-0.2, -0.15) is 5.10 Å². The van der Waals surface area contributed by atoms with Gasteiger partial charge in [-0.25, -0.2) is 13.9 Å². The van der Waals surface area contributed by atoms with E-state index < -0.39 is 5.97 Å². The highest BCUT2D eigenvalue weighted by molar-refractivity contribution is 5.93. The molecular weight excluding hydrogens is 401 g/mol. The van der Waals surface area contributed by atoms with Crippen molar-refractivity contribution in [3.05, 3.63) is 70.8 Å². The van der Waals surface area contributed by atoms with Gasteiger partial charge in [-0.1, -0.05) is 0 Å². The van der Waals surface area contributed by atoms with Crippen molar-refractivity contribution in [1.29, 1.82) is 0 Å². The van der Waals surface area contributed by atoms with Gasteiger partial charge in [0.25, 0.3) is 0 Å². The smallest absolute Gasteiger partial charge is 0.343 e. The average molecular weight is 425 g/mol.